The van der Waals surface area contributed by atoms with Gasteiger partial charge in [-0.15, -0.1) is 0 Å². The van der Waals surface area contributed by atoms with Crippen LogP contribution >= 0.6 is 0 Å². The van der Waals surface area contributed by atoms with E-state index >= 15 is 0 Å². The van der Waals surface area contributed by atoms with Crippen molar-refractivity contribution in [3.8, 4) is 11.5 Å². The van der Waals surface area contributed by atoms with Gasteiger partial charge in [0.05, 0.1) is 17.2 Å². The molecule has 5 aromatic rings. The Morgan fingerprint density at radius 1 is 1.03 bits per heavy atom. The smallest absolute Gasteiger partial charge is 0.230 e. The molecule has 2 aromatic heterocycles. The molecule has 2 heterocycles. The maximum absolute atomic E-state index is 14.5. The Balaban J connectivity index is 1.82. The van der Waals surface area contributed by atoms with Crippen molar-refractivity contribution in [1.29, 1.82) is 0 Å². The van der Waals surface area contributed by atoms with E-state index in [-0.39, 0.29) is 11.2 Å². The molecule has 1 aliphatic carbocycles. The first-order chi connectivity index (χ1) is 14.5. The number of oxazole rings is 1. The number of furan rings is 1. The molecule has 0 saturated heterocycles. The van der Waals surface area contributed by atoms with Crippen LogP contribution in [-0.4, -0.2) is 4.98 Å². The van der Waals surface area contributed by atoms with E-state index in [4.69, 9.17) is 13.8 Å². The van der Waals surface area contributed by atoms with Crippen LogP contribution in [0.2, 0.25) is 0 Å². The van der Waals surface area contributed by atoms with E-state index in [1.807, 2.05) is 6.92 Å². The van der Waals surface area contributed by atoms with Crippen molar-refractivity contribution >= 4 is 32.8 Å². The SMILES string of the molecule is Cc1coc2c3ccc4c(c3c3oc(-c5ccccc5F)nc3c12)CCCC4(C)C. The van der Waals surface area contributed by atoms with Gasteiger partial charge < -0.3 is 8.83 Å². The Morgan fingerprint density at radius 3 is 2.70 bits per heavy atom. The van der Waals surface area contributed by atoms with Gasteiger partial charge in [-0.2, -0.15) is 0 Å². The minimum atomic E-state index is -0.336. The molecule has 30 heavy (non-hydrogen) atoms. The second kappa shape index (κ2) is 5.94. The average Bonchev–Trinajstić information content (AvgIpc) is 3.31. The topological polar surface area (TPSA) is 39.2 Å². The van der Waals surface area contributed by atoms with E-state index in [1.165, 1.54) is 17.2 Å². The maximum atomic E-state index is 14.5. The number of rotatable bonds is 1. The molecule has 3 aromatic carbocycles. The summed E-state index contributed by atoms with van der Waals surface area (Å²) < 4.78 is 26.8. The number of halogens is 1. The Bertz CT molecular complexity index is 1470. The van der Waals surface area contributed by atoms with E-state index in [0.29, 0.717) is 11.5 Å². The van der Waals surface area contributed by atoms with E-state index in [9.17, 15) is 4.39 Å². The third-order valence-corrected chi connectivity index (χ3v) is 6.69. The van der Waals surface area contributed by atoms with Crippen LogP contribution in [0.25, 0.3) is 44.3 Å². The summed E-state index contributed by atoms with van der Waals surface area (Å²) in [7, 11) is 0. The van der Waals surface area contributed by atoms with Crippen molar-refractivity contribution in [1.82, 2.24) is 4.98 Å². The van der Waals surface area contributed by atoms with Crippen LogP contribution in [0.15, 0.2) is 51.5 Å². The first-order valence-electron chi connectivity index (χ1n) is 10.5. The third kappa shape index (κ3) is 2.28. The van der Waals surface area contributed by atoms with Crippen molar-refractivity contribution < 1.29 is 13.2 Å². The lowest BCUT2D eigenvalue weighted by atomic mass is 9.71. The molecule has 0 unspecified atom stereocenters. The lowest BCUT2D eigenvalue weighted by Crippen LogP contribution is -2.23. The molecule has 0 fully saturated rings. The Morgan fingerprint density at radius 2 is 1.87 bits per heavy atom. The number of hydrogen-bond acceptors (Lipinski definition) is 3. The fraction of sp³-hybridized carbons (Fsp3) is 0.269. The van der Waals surface area contributed by atoms with Crippen LogP contribution in [0.5, 0.6) is 0 Å². The summed E-state index contributed by atoms with van der Waals surface area (Å²) in [6.07, 6.45) is 5.05. The average molecular weight is 399 g/mol. The van der Waals surface area contributed by atoms with Crippen LogP contribution in [0.1, 0.15) is 43.4 Å². The van der Waals surface area contributed by atoms with Crippen molar-refractivity contribution in [3.63, 3.8) is 0 Å². The normalized spacial score (nSPS) is 15.9. The Hall–Kier alpha value is -3.14. The summed E-state index contributed by atoms with van der Waals surface area (Å²) in [6, 6.07) is 11.0. The molecule has 6 rings (SSSR count). The van der Waals surface area contributed by atoms with E-state index < -0.39 is 0 Å². The first-order valence-corrected chi connectivity index (χ1v) is 10.5. The molecule has 0 aliphatic heterocycles. The molecule has 0 amide bonds. The maximum Gasteiger partial charge on any atom is 0.230 e. The molecular formula is C26H22FNO2. The van der Waals surface area contributed by atoms with Gasteiger partial charge in [0.2, 0.25) is 5.89 Å². The number of aryl methyl sites for hydroxylation is 2. The lowest BCUT2D eigenvalue weighted by molar-refractivity contribution is 0.433. The summed E-state index contributed by atoms with van der Waals surface area (Å²) in [4.78, 5) is 4.77. The molecule has 3 nitrogen and oxygen atoms in total. The first kappa shape index (κ1) is 17.7. The standard InChI is InChI=1S/C26H22FNO2/c1-14-13-29-23-17-10-11-18-15(8-6-12-26(18,2)3)21(17)24-22(20(14)23)28-25(30-24)16-7-4-5-9-19(16)27/h4-5,7,9-11,13H,6,8,12H2,1-3H3. The third-order valence-electron chi connectivity index (χ3n) is 6.69. The Kier molecular flexibility index (Phi) is 3.51. The fourth-order valence-corrected chi connectivity index (χ4v) is 5.18. The highest BCUT2D eigenvalue weighted by Gasteiger charge is 2.31. The van der Waals surface area contributed by atoms with Gasteiger partial charge in [0.15, 0.2) is 5.58 Å². The van der Waals surface area contributed by atoms with Gasteiger partial charge in [0.1, 0.15) is 16.9 Å². The van der Waals surface area contributed by atoms with E-state index in [2.05, 4.69) is 26.0 Å². The second-order valence-electron chi connectivity index (χ2n) is 9.05. The molecule has 4 heteroatoms. The highest BCUT2D eigenvalue weighted by atomic mass is 19.1. The summed E-state index contributed by atoms with van der Waals surface area (Å²) in [5, 5.41) is 3.05. The van der Waals surface area contributed by atoms with Crippen LogP contribution in [0, 0.1) is 12.7 Å². The van der Waals surface area contributed by atoms with Gasteiger partial charge in [-0.1, -0.05) is 38.1 Å². The van der Waals surface area contributed by atoms with Crippen LogP contribution in [0.4, 0.5) is 4.39 Å². The van der Waals surface area contributed by atoms with Crippen molar-refractivity contribution in [2.45, 2.75) is 45.4 Å². The molecule has 0 N–H and O–H groups in total. The molecular weight excluding hydrogens is 377 g/mol. The summed E-state index contributed by atoms with van der Waals surface area (Å²) in [6.45, 7) is 6.61. The largest absolute Gasteiger partial charge is 0.463 e. The minimum Gasteiger partial charge on any atom is -0.463 e. The van der Waals surface area contributed by atoms with Crippen LogP contribution in [-0.2, 0) is 11.8 Å². The summed E-state index contributed by atoms with van der Waals surface area (Å²) >= 11 is 0. The van der Waals surface area contributed by atoms with Crippen molar-refractivity contribution in [2.75, 3.05) is 0 Å². The monoisotopic (exact) mass is 399 g/mol. The Labute approximate surface area is 173 Å². The number of fused-ring (bicyclic) bond motifs is 8. The zero-order valence-electron chi connectivity index (χ0n) is 17.3. The van der Waals surface area contributed by atoms with Crippen LogP contribution < -0.4 is 0 Å². The molecule has 0 bridgehead atoms. The van der Waals surface area contributed by atoms with Gasteiger partial charge >= 0.3 is 0 Å². The molecule has 0 atom stereocenters. The molecule has 0 spiro atoms. The summed E-state index contributed by atoms with van der Waals surface area (Å²) in [5.41, 5.74) is 6.46. The summed E-state index contributed by atoms with van der Waals surface area (Å²) in [5.74, 6) is -0.0261. The molecule has 150 valence electrons. The zero-order valence-corrected chi connectivity index (χ0v) is 17.3. The number of hydrogen-bond donors (Lipinski definition) is 0. The predicted molar refractivity (Wildman–Crippen MR) is 117 cm³/mol. The van der Waals surface area contributed by atoms with Gasteiger partial charge in [-0.25, -0.2) is 9.37 Å². The van der Waals surface area contributed by atoms with Crippen molar-refractivity contribution in [3.05, 3.63) is 65.2 Å². The predicted octanol–water partition coefficient (Wildman–Crippen LogP) is 7.46. The van der Waals surface area contributed by atoms with E-state index in [0.717, 1.165) is 57.7 Å². The second-order valence-corrected chi connectivity index (χ2v) is 9.05. The molecule has 0 saturated carbocycles. The minimum absolute atomic E-state index is 0.108. The molecule has 1 aliphatic rings. The van der Waals surface area contributed by atoms with E-state index in [1.54, 1.807) is 24.5 Å². The number of benzene rings is 3. The van der Waals surface area contributed by atoms with Gasteiger partial charge in [-0.3, -0.25) is 0 Å². The number of aromatic nitrogens is 1. The zero-order chi connectivity index (χ0) is 20.6. The molecule has 0 radical (unpaired) electrons. The number of nitrogens with zero attached hydrogens (tertiary/aromatic N) is 1. The lowest BCUT2D eigenvalue weighted by Gasteiger charge is -2.33. The van der Waals surface area contributed by atoms with Crippen LogP contribution in [0.3, 0.4) is 0 Å². The quantitative estimate of drug-likeness (QED) is 0.294. The van der Waals surface area contributed by atoms with Gasteiger partial charge in [0, 0.05) is 10.8 Å². The van der Waals surface area contributed by atoms with Gasteiger partial charge in [0.25, 0.3) is 0 Å². The van der Waals surface area contributed by atoms with Gasteiger partial charge in [-0.05, 0) is 60.4 Å². The highest BCUT2D eigenvalue weighted by Crippen LogP contribution is 2.46. The highest BCUT2D eigenvalue weighted by molar-refractivity contribution is 6.23. The van der Waals surface area contributed by atoms with Crippen molar-refractivity contribution in [2.24, 2.45) is 0 Å². The fourth-order valence-electron chi connectivity index (χ4n) is 5.18.